The molecule has 62 valence electrons. The van der Waals surface area contributed by atoms with E-state index < -0.39 is 11.3 Å². The molecule has 0 radical (unpaired) electrons. The molecule has 4 heteroatoms. The van der Waals surface area contributed by atoms with Gasteiger partial charge in [0.15, 0.2) is 0 Å². The third-order valence-corrected chi connectivity index (χ3v) is 2.06. The van der Waals surface area contributed by atoms with Crippen LogP contribution in [0.4, 0.5) is 0 Å². The molecule has 0 aliphatic heterocycles. The largest absolute Gasteiger partial charge is 0.760 e. The Bertz CT molecular complexity index is 116. The molecule has 0 aromatic rings. The van der Waals surface area contributed by atoms with Crippen molar-refractivity contribution in [2.45, 2.75) is 20.8 Å². The van der Waals surface area contributed by atoms with Gasteiger partial charge < -0.3 is 4.55 Å². The van der Waals surface area contributed by atoms with Crippen molar-refractivity contribution in [3.8, 4) is 0 Å². The SMILES string of the molecule is CC(C)C(C)CNS(=O)[O-]. The Morgan fingerprint density at radius 2 is 2.00 bits per heavy atom. The van der Waals surface area contributed by atoms with Crippen LogP contribution in [-0.4, -0.2) is 15.3 Å². The minimum atomic E-state index is -2.10. The molecule has 0 bridgehead atoms. The van der Waals surface area contributed by atoms with Gasteiger partial charge in [0.05, 0.1) is 0 Å². The predicted octanol–water partition coefficient (Wildman–Crippen LogP) is 0.662. The molecule has 0 aromatic heterocycles. The molecule has 0 rings (SSSR count). The number of nitrogens with one attached hydrogen (secondary N) is 1. The Kier molecular flexibility index (Phi) is 4.85. The summed E-state index contributed by atoms with van der Waals surface area (Å²) in [6.07, 6.45) is 0. The van der Waals surface area contributed by atoms with Crippen LogP contribution >= 0.6 is 0 Å². The van der Waals surface area contributed by atoms with Crippen molar-refractivity contribution in [1.82, 2.24) is 4.72 Å². The molecule has 0 aliphatic carbocycles. The molecule has 0 saturated heterocycles. The van der Waals surface area contributed by atoms with Gasteiger partial charge in [-0.25, -0.2) is 4.72 Å². The van der Waals surface area contributed by atoms with Crippen LogP contribution < -0.4 is 4.72 Å². The highest BCUT2D eigenvalue weighted by atomic mass is 32.2. The fourth-order valence-corrected chi connectivity index (χ4v) is 0.834. The first-order valence-corrected chi connectivity index (χ1v) is 4.44. The van der Waals surface area contributed by atoms with E-state index in [2.05, 4.69) is 18.6 Å². The van der Waals surface area contributed by atoms with Crippen LogP contribution in [0.3, 0.4) is 0 Å². The maximum absolute atomic E-state index is 10.0. The summed E-state index contributed by atoms with van der Waals surface area (Å²) in [5.74, 6) is 0.925. The van der Waals surface area contributed by atoms with E-state index in [0.29, 0.717) is 18.4 Å². The second kappa shape index (κ2) is 4.82. The molecule has 2 unspecified atom stereocenters. The Morgan fingerprint density at radius 1 is 1.50 bits per heavy atom. The highest BCUT2D eigenvalue weighted by Gasteiger charge is 2.05. The van der Waals surface area contributed by atoms with E-state index in [1.54, 1.807) is 0 Å². The smallest absolute Gasteiger partial charge is 0.0181 e. The summed E-state index contributed by atoms with van der Waals surface area (Å²) in [4.78, 5) is 0. The lowest BCUT2D eigenvalue weighted by molar-refractivity contribution is 0.410. The van der Waals surface area contributed by atoms with E-state index in [4.69, 9.17) is 0 Å². The van der Waals surface area contributed by atoms with Gasteiger partial charge in [-0.05, 0) is 11.8 Å². The zero-order valence-electron chi connectivity index (χ0n) is 6.59. The molecule has 0 aromatic carbocycles. The van der Waals surface area contributed by atoms with Crippen LogP contribution in [0.5, 0.6) is 0 Å². The number of hydrogen-bond donors (Lipinski definition) is 1. The molecule has 0 amide bonds. The molecule has 10 heavy (non-hydrogen) atoms. The second-order valence-electron chi connectivity index (χ2n) is 2.80. The molecule has 0 fully saturated rings. The summed E-state index contributed by atoms with van der Waals surface area (Å²) in [5, 5.41) is 0. The van der Waals surface area contributed by atoms with Gasteiger partial charge in [-0.2, -0.15) is 0 Å². The van der Waals surface area contributed by atoms with Crippen molar-refractivity contribution in [2.24, 2.45) is 11.8 Å². The van der Waals surface area contributed by atoms with Gasteiger partial charge in [-0.15, -0.1) is 0 Å². The van der Waals surface area contributed by atoms with Crippen molar-refractivity contribution in [2.75, 3.05) is 6.54 Å². The van der Waals surface area contributed by atoms with Crippen molar-refractivity contribution >= 4 is 11.3 Å². The van der Waals surface area contributed by atoms with E-state index >= 15 is 0 Å². The summed E-state index contributed by atoms with van der Waals surface area (Å²) >= 11 is -2.10. The van der Waals surface area contributed by atoms with Gasteiger partial charge in [0.25, 0.3) is 0 Å². The molecule has 0 spiro atoms. The first-order valence-electron chi connectivity index (χ1n) is 3.36. The van der Waals surface area contributed by atoms with Crippen LogP contribution in [0.15, 0.2) is 0 Å². The van der Waals surface area contributed by atoms with Crippen LogP contribution in [0, 0.1) is 11.8 Å². The summed E-state index contributed by atoms with van der Waals surface area (Å²) in [5.41, 5.74) is 0. The third-order valence-electron chi connectivity index (χ3n) is 1.66. The standard InChI is InChI=1S/C6H15NO2S/c1-5(2)6(3)4-7-10(8)9/h5-7H,4H2,1-3H3,(H,8,9)/p-1. The minimum Gasteiger partial charge on any atom is -0.760 e. The van der Waals surface area contributed by atoms with Crippen LogP contribution in [-0.2, 0) is 11.3 Å². The summed E-state index contributed by atoms with van der Waals surface area (Å²) < 4.78 is 22.4. The van der Waals surface area contributed by atoms with E-state index in [1.807, 2.05) is 6.92 Å². The zero-order valence-corrected chi connectivity index (χ0v) is 7.40. The average Bonchev–Trinajstić information content (AvgIpc) is 1.82. The lowest BCUT2D eigenvalue weighted by Crippen LogP contribution is -2.25. The zero-order chi connectivity index (χ0) is 8.15. The van der Waals surface area contributed by atoms with E-state index in [9.17, 15) is 8.76 Å². The Labute approximate surface area is 64.6 Å². The fraction of sp³-hybridized carbons (Fsp3) is 1.00. The monoisotopic (exact) mass is 164 g/mol. The van der Waals surface area contributed by atoms with Crippen molar-refractivity contribution in [1.29, 1.82) is 0 Å². The van der Waals surface area contributed by atoms with Gasteiger partial charge in [-0.3, -0.25) is 4.21 Å². The summed E-state index contributed by atoms with van der Waals surface area (Å²) in [7, 11) is 0. The van der Waals surface area contributed by atoms with Gasteiger partial charge in [0, 0.05) is 17.8 Å². The van der Waals surface area contributed by atoms with Crippen molar-refractivity contribution in [3.63, 3.8) is 0 Å². The molecular formula is C6H14NO2S-. The predicted molar refractivity (Wildman–Crippen MR) is 40.9 cm³/mol. The molecule has 0 aliphatic rings. The van der Waals surface area contributed by atoms with Crippen molar-refractivity contribution in [3.05, 3.63) is 0 Å². The van der Waals surface area contributed by atoms with Gasteiger partial charge in [0.2, 0.25) is 0 Å². The van der Waals surface area contributed by atoms with E-state index in [0.717, 1.165) is 0 Å². The summed E-state index contributed by atoms with van der Waals surface area (Å²) in [6.45, 7) is 6.69. The third kappa shape index (κ3) is 4.90. The first-order chi connectivity index (χ1) is 4.54. The quantitative estimate of drug-likeness (QED) is 0.621. The summed E-state index contributed by atoms with van der Waals surface area (Å²) in [6, 6.07) is 0. The maximum atomic E-state index is 10.0. The van der Waals surface area contributed by atoms with E-state index in [1.165, 1.54) is 0 Å². The normalized spacial score (nSPS) is 17.3. The molecule has 3 nitrogen and oxygen atoms in total. The maximum Gasteiger partial charge on any atom is 0.0181 e. The highest BCUT2D eigenvalue weighted by molar-refractivity contribution is 7.77. The highest BCUT2D eigenvalue weighted by Crippen LogP contribution is 2.07. The lowest BCUT2D eigenvalue weighted by atomic mass is 9.99. The fourth-order valence-electron chi connectivity index (χ4n) is 0.435. The first kappa shape index (κ1) is 10.1. The minimum absolute atomic E-state index is 0.401. The molecular weight excluding hydrogens is 150 g/mol. The van der Waals surface area contributed by atoms with Gasteiger partial charge >= 0.3 is 0 Å². The van der Waals surface area contributed by atoms with Crippen LogP contribution in [0.1, 0.15) is 20.8 Å². The average molecular weight is 164 g/mol. The second-order valence-corrected chi connectivity index (χ2v) is 3.56. The van der Waals surface area contributed by atoms with E-state index in [-0.39, 0.29) is 0 Å². The molecule has 0 saturated carbocycles. The van der Waals surface area contributed by atoms with Crippen molar-refractivity contribution < 1.29 is 8.76 Å². The Hall–Kier alpha value is 0.0700. The topological polar surface area (TPSA) is 52.2 Å². The Morgan fingerprint density at radius 3 is 2.30 bits per heavy atom. The number of hydrogen-bond acceptors (Lipinski definition) is 2. The lowest BCUT2D eigenvalue weighted by Gasteiger charge is -2.16. The number of rotatable bonds is 4. The molecule has 2 atom stereocenters. The van der Waals surface area contributed by atoms with Crippen LogP contribution in [0.2, 0.25) is 0 Å². The van der Waals surface area contributed by atoms with Gasteiger partial charge in [-0.1, -0.05) is 20.8 Å². The van der Waals surface area contributed by atoms with Crippen LogP contribution in [0.25, 0.3) is 0 Å². The Balaban J connectivity index is 3.39. The van der Waals surface area contributed by atoms with Gasteiger partial charge in [0.1, 0.15) is 0 Å². The molecule has 1 N–H and O–H groups in total. The molecule has 0 heterocycles.